The maximum atomic E-state index is 11.9. The van der Waals surface area contributed by atoms with Crippen molar-refractivity contribution >= 4 is 27.3 Å². The van der Waals surface area contributed by atoms with Crippen LogP contribution in [0, 0.1) is 0 Å². The molecule has 6 nitrogen and oxygen atoms in total. The number of halogens is 1. The minimum atomic E-state index is -3.69. The van der Waals surface area contributed by atoms with Gasteiger partial charge in [-0.2, -0.15) is 0 Å². The van der Waals surface area contributed by atoms with E-state index in [1.807, 2.05) is 0 Å². The predicted octanol–water partition coefficient (Wildman–Crippen LogP) is 1.33. The zero-order valence-electron chi connectivity index (χ0n) is 8.41. The molecular formula is C9H7ClN4O2S. The monoisotopic (exact) mass is 270 g/mol. The van der Waals surface area contributed by atoms with E-state index in [0.717, 1.165) is 12.4 Å². The molecule has 0 amide bonds. The van der Waals surface area contributed by atoms with Crippen LogP contribution in [0.3, 0.4) is 0 Å². The zero-order valence-corrected chi connectivity index (χ0v) is 9.98. The number of aromatic nitrogens is 3. The predicted molar refractivity (Wildman–Crippen MR) is 62.1 cm³/mol. The lowest BCUT2D eigenvalue weighted by molar-refractivity contribution is 0.600. The molecule has 0 unspecified atom stereocenters. The second kappa shape index (κ2) is 4.64. The van der Waals surface area contributed by atoms with Gasteiger partial charge in [0.2, 0.25) is 5.28 Å². The molecule has 2 rings (SSSR count). The van der Waals surface area contributed by atoms with E-state index in [9.17, 15) is 8.42 Å². The van der Waals surface area contributed by atoms with Gasteiger partial charge in [0.1, 0.15) is 4.90 Å². The fraction of sp³-hybridized carbons (Fsp3) is 0. The molecule has 0 radical (unpaired) electrons. The summed E-state index contributed by atoms with van der Waals surface area (Å²) < 4.78 is 26.1. The quantitative estimate of drug-likeness (QED) is 0.851. The summed E-state index contributed by atoms with van der Waals surface area (Å²) in [6.45, 7) is 0. The molecule has 0 saturated carbocycles. The number of rotatable bonds is 3. The molecule has 1 N–H and O–H groups in total. The topological polar surface area (TPSA) is 84.8 Å². The van der Waals surface area contributed by atoms with Gasteiger partial charge in [-0.05, 0) is 23.7 Å². The Hall–Kier alpha value is -1.73. The smallest absolute Gasteiger partial charge is 0.264 e. The molecule has 17 heavy (non-hydrogen) atoms. The number of pyridine rings is 1. The van der Waals surface area contributed by atoms with Crippen LogP contribution < -0.4 is 4.72 Å². The minimum Gasteiger partial charge on any atom is -0.279 e. The summed E-state index contributed by atoms with van der Waals surface area (Å²) in [5.74, 6) is 0. The SMILES string of the molecule is O=S(=O)(Nc1ccncc1)c1cnc(Cl)nc1. The summed E-state index contributed by atoms with van der Waals surface area (Å²) in [4.78, 5) is 10.9. The van der Waals surface area contributed by atoms with Crippen LogP contribution in [0.5, 0.6) is 0 Å². The van der Waals surface area contributed by atoms with Gasteiger partial charge in [0, 0.05) is 12.4 Å². The molecule has 8 heteroatoms. The minimum absolute atomic E-state index is 0.00661. The first kappa shape index (κ1) is 11.7. The van der Waals surface area contributed by atoms with Gasteiger partial charge >= 0.3 is 0 Å². The molecule has 0 aliphatic rings. The van der Waals surface area contributed by atoms with E-state index in [4.69, 9.17) is 11.6 Å². The average Bonchev–Trinajstić information content (AvgIpc) is 2.30. The van der Waals surface area contributed by atoms with Crippen molar-refractivity contribution in [2.75, 3.05) is 4.72 Å². The first-order valence-corrected chi connectivity index (χ1v) is 6.34. The normalized spacial score (nSPS) is 11.1. The number of hydrogen-bond donors (Lipinski definition) is 1. The molecule has 88 valence electrons. The van der Waals surface area contributed by atoms with Crippen LogP contribution in [0.2, 0.25) is 5.28 Å². The van der Waals surface area contributed by atoms with Gasteiger partial charge in [-0.3, -0.25) is 9.71 Å². The Bertz CT molecular complexity index is 601. The van der Waals surface area contributed by atoms with Crippen LogP contribution >= 0.6 is 11.6 Å². The van der Waals surface area contributed by atoms with E-state index in [0.29, 0.717) is 5.69 Å². The standard InChI is InChI=1S/C9H7ClN4O2S/c10-9-12-5-8(6-13-9)17(15,16)14-7-1-3-11-4-2-7/h1-6H,(H,11,14). The summed E-state index contributed by atoms with van der Waals surface area (Å²) in [5.41, 5.74) is 0.412. The second-order valence-corrected chi connectivity index (χ2v) is 5.05. The van der Waals surface area contributed by atoms with Crippen LogP contribution in [0.1, 0.15) is 0 Å². The van der Waals surface area contributed by atoms with Gasteiger partial charge in [-0.25, -0.2) is 18.4 Å². The fourth-order valence-electron chi connectivity index (χ4n) is 1.07. The van der Waals surface area contributed by atoms with Gasteiger partial charge in [0.25, 0.3) is 10.0 Å². The lowest BCUT2D eigenvalue weighted by atomic mass is 10.4. The third-order valence-electron chi connectivity index (χ3n) is 1.84. The molecule has 0 saturated heterocycles. The molecule has 2 heterocycles. The first-order valence-electron chi connectivity index (χ1n) is 4.48. The summed E-state index contributed by atoms with van der Waals surface area (Å²) >= 11 is 5.48. The molecule has 0 aromatic carbocycles. The number of hydrogen-bond acceptors (Lipinski definition) is 5. The van der Waals surface area contributed by atoms with Crippen molar-refractivity contribution in [3.05, 3.63) is 42.2 Å². The van der Waals surface area contributed by atoms with Crippen LogP contribution in [0.25, 0.3) is 0 Å². The number of nitrogens with one attached hydrogen (secondary N) is 1. The van der Waals surface area contributed by atoms with Crippen LogP contribution in [-0.4, -0.2) is 23.4 Å². The van der Waals surface area contributed by atoms with Gasteiger partial charge < -0.3 is 0 Å². The Morgan fingerprint density at radius 2 is 1.71 bits per heavy atom. The maximum Gasteiger partial charge on any atom is 0.264 e. The van der Waals surface area contributed by atoms with E-state index < -0.39 is 10.0 Å². The number of sulfonamides is 1. The third-order valence-corrected chi connectivity index (χ3v) is 3.37. The molecule has 0 fully saturated rings. The zero-order chi connectivity index (χ0) is 12.3. The molecule has 0 bridgehead atoms. The molecule has 0 aliphatic heterocycles. The van der Waals surface area contributed by atoms with Crippen LogP contribution in [0.15, 0.2) is 41.8 Å². The summed E-state index contributed by atoms with van der Waals surface area (Å²) in [5, 5.41) is -0.00661. The van der Waals surface area contributed by atoms with Crippen molar-refractivity contribution in [1.29, 1.82) is 0 Å². The van der Waals surface area contributed by atoms with Crippen LogP contribution in [-0.2, 0) is 10.0 Å². The Balaban J connectivity index is 2.29. The number of nitrogens with zero attached hydrogens (tertiary/aromatic N) is 3. The van der Waals surface area contributed by atoms with Gasteiger partial charge in [0.15, 0.2) is 0 Å². The highest BCUT2D eigenvalue weighted by Crippen LogP contribution is 2.13. The van der Waals surface area contributed by atoms with Gasteiger partial charge in [-0.15, -0.1) is 0 Å². The van der Waals surface area contributed by atoms with E-state index in [2.05, 4.69) is 19.7 Å². The molecule has 0 aliphatic carbocycles. The highest BCUT2D eigenvalue weighted by molar-refractivity contribution is 7.92. The van der Waals surface area contributed by atoms with Gasteiger partial charge in [0.05, 0.1) is 18.1 Å². The van der Waals surface area contributed by atoms with Gasteiger partial charge in [-0.1, -0.05) is 0 Å². The van der Waals surface area contributed by atoms with Crippen molar-refractivity contribution in [2.24, 2.45) is 0 Å². The highest BCUT2D eigenvalue weighted by Gasteiger charge is 2.14. The van der Waals surface area contributed by atoms with Crippen molar-refractivity contribution in [2.45, 2.75) is 4.90 Å². The van der Waals surface area contributed by atoms with E-state index >= 15 is 0 Å². The fourth-order valence-corrected chi connectivity index (χ4v) is 2.12. The molecule has 0 atom stereocenters. The average molecular weight is 271 g/mol. The summed E-state index contributed by atoms with van der Waals surface area (Å²) in [7, 11) is -3.69. The summed E-state index contributed by atoms with van der Waals surface area (Å²) in [6.07, 6.45) is 5.24. The largest absolute Gasteiger partial charge is 0.279 e. The Labute approximate surface area is 103 Å². The molecular weight excluding hydrogens is 264 g/mol. The first-order chi connectivity index (χ1) is 8.08. The van der Waals surface area contributed by atoms with Crippen molar-refractivity contribution in [3.63, 3.8) is 0 Å². The lowest BCUT2D eigenvalue weighted by Gasteiger charge is -2.06. The van der Waals surface area contributed by atoms with E-state index in [1.54, 1.807) is 0 Å². The van der Waals surface area contributed by atoms with Crippen molar-refractivity contribution in [3.8, 4) is 0 Å². The van der Waals surface area contributed by atoms with Crippen LogP contribution in [0.4, 0.5) is 5.69 Å². The van der Waals surface area contributed by atoms with Crippen molar-refractivity contribution in [1.82, 2.24) is 15.0 Å². The molecule has 0 spiro atoms. The Kier molecular flexibility index (Phi) is 3.21. The maximum absolute atomic E-state index is 11.9. The summed E-state index contributed by atoms with van der Waals surface area (Å²) in [6, 6.07) is 3.07. The lowest BCUT2D eigenvalue weighted by Crippen LogP contribution is -2.13. The Morgan fingerprint density at radius 3 is 2.29 bits per heavy atom. The van der Waals surface area contributed by atoms with E-state index in [1.165, 1.54) is 24.5 Å². The third kappa shape index (κ3) is 2.89. The number of anilines is 1. The second-order valence-electron chi connectivity index (χ2n) is 3.03. The molecule has 2 aromatic heterocycles. The Morgan fingerprint density at radius 1 is 1.12 bits per heavy atom. The van der Waals surface area contributed by atoms with Crippen molar-refractivity contribution < 1.29 is 8.42 Å². The molecule has 2 aromatic rings. The highest BCUT2D eigenvalue weighted by atomic mass is 35.5. The van der Waals surface area contributed by atoms with E-state index in [-0.39, 0.29) is 10.2 Å².